The number of aromatic nitrogens is 1. The van der Waals surface area contributed by atoms with Crippen LogP contribution in [0.5, 0.6) is 0 Å². The molecule has 1 aliphatic heterocycles. The van der Waals surface area contributed by atoms with Gasteiger partial charge in [-0.25, -0.2) is 9.37 Å². The summed E-state index contributed by atoms with van der Waals surface area (Å²) in [5, 5.41) is 5.90. The van der Waals surface area contributed by atoms with Crippen LogP contribution in [0.25, 0.3) is 0 Å². The van der Waals surface area contributed by atoms with E-state index in [9.17, 15) is 9.18 Å². The summed E-state index contributed by atoms with van der Waals surface area (Å²) in [4.78, 5) is 21.5. The van der Waals surface area contributed by atoms with Gasteiger partial charge in [-0.3, -0.25) is 4.79 Å². The maximum Gasteiger partial charge on any atom is 0.271 e. The lowest BCUT2D eigenvalue weighted by Crippen LogP contribution is -2.46. The highest BCUT2D eigenvalue weighted by Gasteiger charge is 2.22. The van der Waals surface area contributed by atoms with Crippen molar-refractivity contribution in [2.24, 2.45) is 0 Å². The molecular formula is C20H25FN4OS. The lowest BCUT2D eigenvalue weighted by atomic mass is 9.95. The summed E-state index contributed by atoms with van der Waals surface area (Å²) in [6.45, 7) is 3.40. The molecule has 2 aliphatic rings. The van der Waals surface area contributed by atoms with Crippen molar-refractivity contribution in [3.63, 3.8) is 0 Å². The Bertz CT molecular complexity index is 765. The van der Waals surface area contributed by atoms with Gasteiger partial charge in [0.2, 0.25) is 0 Å². The van der Waals surface area contributed by atoms with E-state index >= 15 is 0 Å². The van der Waals surface area contributed by atoms with Crippen LogP contribution in [0.2, 0.25) is 0 Å². The van der Waals surface area contributed by atoms with Crippen molar-refractivity contribution in [3.05, 3.63) is 41.2 Å². The number of nitrogens with zero attached hydrogens (tertiary/aromatic N) is 3. The fourth-order valence-electron chi connectivity index (χ4n) is 3.83. The Morgan fingerprint density at radius 2 is 1.70 bits per heavy atom. The number of piperazine rings is 1. The average Bonchev–Trinajstić information content (AvgIpc) is 3.20. The van der Waals surface area contributed by atoms with Gasteiger partial charge in [-0.05, 0) is 37.1 Å². The van der Waals surface area contributed by atoms with Gasteiger partial charge < -0.3 is 15.1 Å². The van der Waals surface area contributed by atoms with Gasteiger partial charge in [0, 0.05) is 43.3 Å². The summed E-state index contributed by atoms with van der Waals surface area (Å²) in [6, 6.07) is 6.94. The van der Waals surface area contributed by atoms with Crippen molar-refractivity contribution in [1.29, 1.82) is 0 Å². The summed E-state index contributed by atoms with van der Waals surface area (Å²) in [6.07, 6.45) is 5.83. The van der Waals surface area contributed by atoms with Crippen LogP contribution < -0.4 is 15.1 Å². The normalized spacial score (nSPS) is 18.6. The standard InChI is InChI=1S/C20H25FN4OS/c21-15-6-8-17(9-7-15)24-10-12-25(13-11-24)20-23-18(14-27-20)19(26)22-16-4-2-1-3-5-16/h6-9,14,16H,1-5,10-13H2,(H,22,26). The minimum absolute atomic E-state index is 0.0469. The highest BCUT2D eigenvalue weighted by atomic mass is 32.1. The van der Waals surface area contributed by atoms with Gasteiger partial charge in [-0.1, -0.05) is 19.3 Å². The number of thiazole rings is 1. The molecule has 0 atom stereocenters. The molecule has 1 aromatic carbocycles. The molecule has 2 fully saturated rings. The van der Waals surface area contributed by atoms with Crippen LogP contribution in [-0.2, 0) is 0 Å². The molecule has 2 aromatic rings. The Labute approximate surface area is 163 Å². The second-order valence-corrected chi connectivity index (χ2v) is 8.11. The van der Waals surface area contributed by atoms with E-state index in [1.165, 1.54) is 42.7 Å². The Morgan fingerprint density at radius 3 is 2.41 bits per heavy atom. The molecule has 0 bridgehead atoms. The molecule has 1 saturated heterocycles. The number of halogens is 1. The summed E-state index contributed by atoms with van der Waals surface area (Å²) in [5.41, 5.74) is 1.57. The SMILES string of the molecule is O=C(NC1CCCCC1)c1csc(N2CCN(c3ccc(F)cc3)CC2)n1. The molecule has 1 aliphatic carbocycles. The highest BCUT2D eigenvalue weighted by molar-refractivity contribution is 7.13. The van der Waals surface area contributed by atoms with Gasteiger partial charge in [0.15, 0.2) is 5.13 Å². The predicted octanol–water partition coefficient (Wildman–Crippen LogP) is 3.67. The molecule has 5 nitrogen and oxygen atoms in total. The Morgan fingerprint density at radius 1 is 1.04 bits per heavy atom. The zero-order valence-electron chi connectivity index (χ0n) is 15.4. The molecule has 0 spiro atoms. The minimum Gasteiger partial charge on any atom is -0.368 e. The summed E-state index contributed by atoms with van der Waals surface area (Å²) in [5.74, 6) is -0.256. The number of benzene rings is 1. The Balaban J connectivity index is 1.32. The molecule has 1 amide bonds. The number of carbonyl (C=O) groups excluding carboxylic acids is 1. The van der Waals surface area contributed by atoms with E-state index in [-0.39, 0.29) is 11.7 Å². The highest BCUT2D eigenvalue weighted by Crippen LogP contribution is 2.24. The summed E-state index contributed by atoms with van der Waals surface area (Å²) in [7, 11) is 0. The van der Waals surface area contributed by atoms with E-state index in [1.54, 1.807) is 0 Å². The monoisotopic (exact) mass is 388 g/mol. The number of hydrogen-bond donors (Lipinski definition) is 1. The lowest BCUT2D eigenvalue weighted by Gasteiger charge is -2.36. The molecule has 2 heterocycles. The number of anilines is 2. The number of carbonyl (C=O) groups is 1. The van der Waals surface area contributed by atoms with Gasteiger partial charge in [0.25, 0.3) is 5.91 Å². The third-order valence-electron chi connectivity index (χ3n) is 5.41. The molecule has 1 saturated carbocycles. The first-order valence-electron chi connectivity index (χ1n) is 9.71. The first-order chi connectivity index (χ1) is 13.2. The van der Waals surface area contributed by atoms with E-state index in [1.807, 2.05) is 17.5 Å². The smallest absolute Gasteiger partial charge is 0.271 e. The second kappa shape index (κ2) is 8.25. The van der Waals surface area contributed by atoms with Crippen molar-refractivity contribution in [2.45, 2.75) is 38.1 Å². The second-order valence-electron chi connectivity index (χ2n) is 7.27. The van der Waals surface area contributed by atoms with Crippen LogP contribution in [0.3, 0.4) is 0 Å². The Kier molecular flexibility index (Phi) is 5.57. The molecular weight excluding hydrogens is 363 g/mol. The molecule has 27 heavy (non-hydrogen) atoms. The van der Waals surface area contributed by atoms with Crippen molar-refractivity contribution in [2.75, 3.05) is 36.0 Å². The molecule has 1 aromatic heterocycles. The van der Waals surface area contributed by atoms with Crippen molar-refractivity contribution >= 4 is 28.1 Å². The number of hydrogen-bond acceptors (Lipinski definition) is 5. The number of nitrogens with one attached hydrogen (secondary N) is 1. The average molecular weight is 389 g/mol. The Hall–Kier alpha value is -2.15. The fraction of sp³-hybridized carbons (Fsp3) is 0.500. The molecule has 4 rings (SSSR count). The molecule has 144 valence electrons. The van der Waals surface area contributed by atoms with E-state index in [0.717, 1.165) is 49.8 Å². The minimum atomic E-state index is -0.209. The fourth-order valence-corrected chi connectivity index (χ4v) is 4.69. The van der Waals surface area contributed by atoms with Gasteiger partial charge in [-0.2, -0.15) is 0 Å². The van der Waals surface area contributed by atoms with Gasteiger partial charge in [0.1, 0.15) is 11.5 Å². The van der Waals surface area contributed by atoms with Crippen LogP contribution in [0.4, 0.5) is 15.2 Å². The van der Waals surface area contributed by atoms with Crippen LogP contribution in [0.15, 0.2) is 29.6 Å². The molecule has 7 heteroatoms. The molecule has 0 radical (unpaired) electrons. The maximum atomic E-state index is 13.1. The number of amides is 1. The van der Waals surface area contributed by atoms with Crippen LogP contribution in [0.1, 0.15) is 42.6 Å². The van der Waals surface area contributed by atoms with Crippen LogP contribution >= 0.6 is 11.3 Å². The lowest BCUT2D eigenvalue weighted by molar-refractivity contribution is 0.0923. The predicted molar refractivity (Wildman–Crippen MR) is 107 cm³/mol. The first kappa shape index (κ1) is 18.2. The van der Waals surface area contributed by atoms with Crippen molar-refractivity contribution in [3.8, 4) is 0 Å². The summed E-state index contributed by atoms with van der Waals surface area (Å²) >= 11 is 1.53. The molecule has 0 unspecified atom stereocenters. The summed E-state index contributed by atoms with van der Waals surface area (Å²) < 4.78 is 13.1. The largest absolute Gasteiger partial charge is 0.368 e. The van der Waals surface area contributed by atoms with Gasteiger partial charge in [0.05, 0.1) is 0 Å². The van der Waals surface area contributed by atoms with Gasteiger partial charge in [-0.15, -0.1) is 11.3 Å². The van der Waals surface area contributed by atoms with E-state index in [2.05, 4.69) is 20.1 Å². The van der Waals surface area contributed by atoms with Gasteiger partial charge >= 0.3 is 0 Å². The maximum absolute atomic E-state index is 13.1. The van der Waals surface area contributed by atoms with Crippen molar-refractivity contribution < 1.29 is 9.18 Å². The quantitative estimate of drug-likeness (QED) is 0.868. The third-order valence-corrected chi connectivity index (χ3v) is 6.31. The molecule has 1 N–H and O–H groups in total. The first-order valence-corrected chi connectivity index (χ1v) is 10.6. The topological polar surface area (TPSA) is 48.5 Å². The van der Waals surface area contributed by atoms with Crippen molar-refractivity contribution in [1.82, 2.24) is 10.3 Å². The van der Waals surface area contributed by atoms with E-state index < -0.39 is 0 Å². The third kappa shape index (κ3) is 4.40. The zero-order valence-corrected chi connectivity index (χ0v) is 16.2. The van der Waals surface area contributed by atoms with E-state index in [4.69, 9.17) is 0 Å². The zero-order chi connectivity index (χ0) is 18.6. The number of rotatable bonds is 4. The van der Waals surface area contributed by atoms with Crippen LogP contribution in [-0.4, -0.2) is 43.1 Å². The van der Waals surface area contributed by atoms with E-state index in [0.29, 0.717) is 11.7 Å². The van der Waals surface area contributed by atoms with Crippen LogP contribution in [0, 0.1) is 5.82 Å².